The van der Waals surface area contributed by atoms with Crippen molar-refractivity contribution in [1.29, 1.82) is 0 Å². The number of aliphatic hydroxyl groups excluding tert-OH is 1. The zero-order valence-corrected chi connectivity index (χ0v) is 11.4. The van der Waals surface area contributed by atoms with Crippen LogP contribution in [0.25, 0.3) is 0 Å². The largest absolute Gasteiger partial charge is 0.388 e. The smallest absolute Gasteiger partial charge is 0.0844 e. The zero-order valence-electron chi connectivity index (χ0n) is 10.7. The Bertz CT molecular complexity index is 549. The molecular formula is C16H17ClO. The van der Waals surface area contributed by atoms with Crippen molar-refractivity contribution in [1.82, 2.24) is 0 Å². The molecule has 1 nitrogen and oxygen atoms in total. The van der Waals surface area contributed by atoms with Gasteiger partial charge in [-0.3, -0.25) is 0 Å². The molecule has 0 aliphatic carbocycles. The second-order valence-electron chi connectivity index (χ2n) is 4.73. The molecule has 0 aromatic heterocycles. The molecule has 0 aliphatic heterocycles. The molecule has 1 N–H and O–H groups in total. The summed E-state index contributed by atoms with van der Waals surface area (Å²) in [6.07, 6.45) is 0.0321. The number of hydrogen-bond donors (Lipinski definition) is 1. The summed E-state index contributed by atoms with van der Waals surface area (Å²) in [7, 11) is 0. The number of benzene rings is 2. The van der Waals surface area contributed by atoms with Crippen LogP contribution in [-0.4, -0.2) is 5.11 Å². The molecule has 0 saturated heterocycles. The summed E-state index contributed by atoms with van der Waals surface area (Å²) >= 11 is 6.16. The van der Waals surface area contributed by atoms with Gasteiger partial charge in [0.25, 0.3) is 0 Å². The van der Waals surface area contributed by atoms with E-state index in [2.05, 4.69) is 19.1 Å². The molecule has 94 valence electrons. The molecule has 2 aromatic rings. The minimum absolute atomic E-state index is 0.556. The fourth-order valence-electron chi connectivity index (χ4n) is 2.07. The Kier molecular flexibility index (Phi) is 4.05. The van der Waals surface area contributed by atoms with Crippen LogP contribution in [0.2, 0.25) is 5.02 Å². The highest BCUT2D eigenvalue weighted by Crippen LogP contribution is 2.26. The van der Waals surface area contributed by atoms with Gasteiger partial charge in [0.05, 0.1) is 6.10 Å². The summed E-state index contributed by atoms with van der Waals surface area (Å²) in [5, 5.41) is 10.9. The number of aryl methyl sites for hydroxylation is 2. The monoisotopic (exact) mass is 260 g/mol. The summed E-state index contributed by atoms with van der Waals surface area (Å²) in [6, 6.07) is 13.9. The van der Waals surface area contributed by atoms with Gasteiger partial charge in [-0.05, 0) is 36.6 Å². The van der Waals surface area contributed by atoms with Gasteiger partial charge in [-0.15, -0.1) is 0 Å². The van der Waals surface area contributed by atoms with Gasteiger partial charge in [-0.1, -0.05) is 53.6 Å². The molecule has 0 fully saturated rings. The fraction of sp³-hybridized carbons (Fsp3) is 0.250. The molecule has 0 amide bonds. The van der Waals surface area contributed by atoms with E-state index in [0.717, 1.165) is 16.7 Å². The third-order valence-corrected chi connectivity index (χ3v) is 3.35. The van der Waals surface area contributed by atoms with Crippen LogP contribution in [0.3, 0.4) is 0 Å². The van der Waals surface area contributed by atoms with Gasteiger partial charge >= 0.3 is 0 Å². The summed E-state index contributed by atoms with van der Waals surface area (Å²) < 4.78 is 0. The first-order valence-corrected chi connectivity index (χ1v) is 6.44. The van der Waals surface area contributed by atoms with E-state index in [1.807, 2.05) is 37.3 Å². The first-order valence-electron chi connectivity index (χ1n) is 6.06. The third-order valence-electron chi connectivity index (χ3n) is 3.03. The molecule has 0 bridgehead atoms. The molecule has 2 rings (SSSR count). The van der Waals surface area contributed by atoms with E-state index in [-0.39, 0.29) is 0 Å². The lowest BCUT2D eigenvalue weighted by molar-refractivity contribution is 0.178. The van der Waals surface area contributed by atoms with Gasteiger partial charge in [0, 0.05) is 11.4 Å². The van der Waals surface area contributed by atoms with E-state index in [4.69, 9.17) is 11.6 Å². The standard InChI is InChI=1S/C16H17ClO/c1-11-4-3-5-13(8-11)10-16(18)14-7-6-12(2)9-15(14)17/h3-9,16,18H,10H2,1-2H3. The summed E-state index contributed by atoms with van der Waals surface area (Å²) in [5.74, 6) is 0. The lowest BCUT2D eigenvalue weighted by Crippen LogP contribution is -2.03. The van der Waals surface area contributed by atoms with Gasteiger partial charge in [0.2, 0.25) is 0 Å². The summed E-state index contributed by atoms with van der Waals surface area (Å²) in [4.78, 5) is 0. The summed E-state index contributed by atoms with van der Waals surface area (Å²) in [6.45, 7) is 4.04. The Morgan fingerprint density at radius 1 is 1.06 bits per heavy atom. The topological polar surface area (TPSA) is 20.2 Å². The van der Waals surface area contributed by atoms with Crippen molar-refractivity contribution in [3.8, 4) is 0 Å². The van der Waals surface area contributed by atoms with Crippen LogP contribution in [-0.2, 0) is 6.42 Å². The van der Waals surface area contributed by atoms with Gasteiger partial charge in [0.1, 0.15) is 0 Å². The molecule has 1 unspecified atom stereocenters. The predicted molar refractivity (Wildman–Crippen MR) is 76.0 cm³/mol. The number of halogens is 1. The van der Waals surface area contributed by atoms with Crippen LogP contribution in [0, 0.1) is 13.8 Å². The van der Waals surface area contributed by atoms with Crippen LogP contribution in [0.4, 0.5) is 0 Å². The van der Waals surface area contributed by atoms with Crippen LogP contribution < -0.4 is 0 Å². The molecule has 0 heterocycles. The molecule has 0 spiro atoms. The maximum absolute atomic E-state index is 10.3. The predicted octanol–water partition coefficient (Wildman–Crippen LogP) is 4.23. The van der Waals surface area contributed by atoms with Crippen molar-refractivity contribution in [3.63, 3.8) is 0 Å². The molecular weight excluding hydrogens is 244 g/mol. The second-order valence-corrected chi connectivity index (χ2v) is 5.14. The number of aliphatic hydroxyl groups is 1. The zero-order chi connectivity index (χ0) is 13.1. The molecule has 18 heavy (non-hydrogen) atoms. The van der Waals surface area contributed by atoms with Crippen molar-refractivity contribution in [2.75, 3.05) is 0 Å². The molecule has 1 atom stereocenters. The SMILES string of the molecule is Cc1cccc(CC(O)c2ccc(C)cc2Cl)c1. The Labute approximate surface area is 113 Å². The molecule has 0 radical (unpaired) electrons. The normalized spacial score (nSPS) is 12.4. The van der Waals surface area contributed by atoms with Crippen LogP contribution >= 0.6 is 11.6 Å². The van der Waals surface area contributed by atoms with Gasteiger partial charge in [0.15, 0.2) is 0 Å². The van der Waals surface area contributed by atoms with E-state index in [0.29, 0.717) is 11.4 Å². The number of rotatable bonds is 3. The summed E-state index contributed by atoms with van der Waals surface area (Å²) in [5.41, 5.74) is 4.23. The van der Waals surface area contributed by atoms with Crippen LogP contribution in [0.5, 0.6) is 0 Å². The van der Waals surface area contributed by atoms with Crippen molar-refractivity contribution in [2.45, 2.75) is 26.4 Å². The van der Waals surface area contributed by atoms with E-state index in [1.54, 1.807) is 0 Å². The van der Waals surface area contributed by atoms with E-state index < -0.39 is 6.10 Å². The molecule has 2 aromatic carbocycles. The highest BCUT2D eigenvalue weighted by atomic mass is 35.5. The lowest BCUT2D eigenvalue weighted by atomic mass is 9.99. The highest BCUT2D eigenvalue weighted by molar-refractivity contribution is 6.31. The average Bonchev–Trinajstić information content (AvgIpc) is 2.28. The first-order chi connectivity index (χ1) is 8.56. The van der Waals surface area contributed by atoms with Crippen molar-refractivity contribution < 1.29 is 5.11 Å². The van der Waals surface area contributed by atoms with Crippen molar-refractivity contribution in [3.05, 3.63) is 69.7 Å². The van der Waals surface area contributed by atoms with E-state index >= 15 is 0 Å². The Hall–Kier alpha value is -1.31. The quantitative estimate of drug-likeness (QED) is 0.876. The molecule has 2 heteroatoms. The van der Waals surface area contributed by atoms with Crippen LogP contribution in [0.1, 0.15) is 28.4 Å². The Morgan fingerprint density at radius 2 is 1.78 bits per heavy atom. The fourth-order valence-corrected chi connectivity index (χ4v) is 2.44. The third kappa shape index (κ3) is 3.12. The number of hydrogen-bond acceptors (Lipinski definition) is 1. The van der Waals surface area contributed by atoms with Gasteiger partial charge < -0.3 is 5.11 Å². The Balaban J connectivity index is 2.19. The van der Waals surface area contributed by atoms with Crippen molar-refractivity contribution in [2.24, 2.45) is 0 Å². The maximum Gasteiger partial charge on any atom is 0.0844 e. The van der Waals surface area contributed by atoms with Crippen molar-refractivity contribution >= 4 is 11.6 Å². The van der Waals surface area contributed by atoms with Crippen LogP contribution in [0.15, 0.2) is 42.5 Å². The maximum atomic E-state index is 10.3. The highest BCUT2D eigenvalue weighted by Gasteiger charge is 2.12. The average molecular weight is 261 g/mol. The minimum Gasteiger partial charge on any atom is -0.388 e. The van der Waals surface area contributed by atoms with Gasteiger partial charge in [-0.25, -0.2) is 0 Å². The lowest BCUT2D eigenvalue weighted by Gasteiger charge is -2.13. The Morgan fingerprint density at radius 3 is 2.44 bits per heavy atom. The second kappa shape index (κ2) is 5.55. The van der Waals surface area contributed by atoms with Gasteiger partial charge in [-0.2, -0.15) is 0 Å². The van der Waals surface area contributed by atoms with E-state index in [1.165, 1.54) is 5.56 Å². The minimum atomic E-state index is -0.556. The van der Waals surface area contributed by atoms with E-state index in [9.17, 15) is 5.11 Å². The first kappa shape index (κ1) is 13.1. The molecule has 0 saturated carbocycles. The molecule has 0 aliphatic rings.